The summed E-state index contributed by atoms with van der Waals surface area (Å²) in [7, 11) is 4.18. The maximum Gasteiger partial charge on any atom is 0.0246 e. The third-order valence-electron chi connectivity index (χ3n) is 2.63. The maximum absolute atomic E-state index is 3.36. The number of nitrogens with zero attached hydrogens (tertiary/aromatic N) is 1. The van der Waals surface area contributed by atoms with Gasteiger partial charge in [0.15, 0.2) is 0 Å². The quantitative estimate of drug-likeness (QED) is 0.767. The van der Waals surface area contributed by atoms with Gasteiger partial charge in [-0.1, -0.05) is 32.0 Å². The van der Waals surface area contributed by atoms with E-state index in [4.69, 9.17) is 0 Å². The van der Waals surface area contributed by atoms with Gasteiger partial charge >= 0.3 is 0 Å². The first-order valence-corrected chi connectivity index (χ1v) is 6.52. The largest absolute Gasteiger partial charge is 0.315 e. The van der Waals surface area contributed by atoms with Crippen LogP contribution in [0, 0.1) is 5.92 Å². The summed E-state index contributed by atoms with van der Waals surface area (Å²) < 4.78 is 2.29. The van der Waals surface area contributed by atoms with Crippen LogP contribution in [0.4, 0.5) is 0 Å². The Morgan fingerprint density at radius 2 is 1.88 bits per heavy atom. The van der Waals surface area contributed by atoms with Crippen LogP contribution < -0.4 is 5.32 Å². The van der Waals surface area contributed by atoms with Crippen LogP contribution in [0.25, 0.3) is 0 Å². The van der Waals surface area contributed by atoms with Gasteiger partial charge in [0.1, 0.15) is 0 Å². The zero-order chi connectivity index (χ0) is 12.0. The van der Waals surface area contributed by atoms with E-state index in [0.29, 0.717) is 12.0 Å². The molecule has 0 saturated heterocycles. The Labute approximate surface area is 104 Å². The highest BCUT2D eigenvalue weighted by atomic mass is 32.2. The number of nitrogens with one attached hydrogen (secondary N) is 1. The van der Waals surface area contributed by atoms with Crippen molar-refractivity contribution in [1.29, 1.82) is 0 Å². The van der Waals surface area contributed by atoms with Crippen molar-refractivity contribution in [2.75, 3.05) is 20.6 Å². The molecule has 3 heteroatoms. The molecule has 2 nitrogen and oxygen atoms in total. The summed E-state index contributed by atoms with van der Waals surface area (Å²) in [4.78, 5) is 1.30. The molecule has 1 atom stereocenters. The predicted molar refractivity (Wildman–Crippen MR) is 72.6 cm³/mol. The van der Waals surface area contributed by atoms with Crippen LogP contribution in [-0.2, 0) is 0 Å². The van der Waals surface area contributed by atoms with E-state index in [2.05, 4.69) is 60.8 Å². The molecule has 16 heavy (non-hydrogen) atoms. The Morgan fingerprint density at radius 1 is 1.25 bits per heavy atom. The highest BCUT2D eigenvalue weighted by Crippen LogP contribution is 2.21. The van der Waals surface area contributed by atoms with E-state index in [0.717, 1.165) is 6.54 Å². The van der Waals surface area contributed by atoms with Gasteiger partial charge in [0.25, 0.3) is 0 Å². The van der Waals surface area contributed by atoms with Crippen LogP contribution in [0.3, 0.4) is 0 Å². The number of rotatable bonds is 6. The molecule has 0 heterocycles. The van der Waals surface area contributed by atoms with E-state index < -0.39 is 0 Å². The molecule has 90 valence electrons. The second kappa shape index (κ2) is 6.94. The molecule has 0 fully saturated rings. The van der Waals surface area contributed by atoms with Crippen molar-refractivity contribution < 1.29 is 0 Å². The van der Waals surface area contributed by atoms with Crippen molar-refractivity contribution >= 4 is 11.9 Å². The molecular weight excluding hydrogens is 216 g/mol. The fraction of sp³-hybridized carbons (Fsp3) is 0.538. The second-order valence-electron chi connectivity index (χ2n) is 4.35. The maximum atomic E-state index is 3.36. The molecule has 1 aromatic rings. The zero-order valence-electron chi connectivity index (χ0n) is 10.6. The van der Waals surface area contributed by atoms with Crippen LogP contribution >= 0.6 is 11.9 Å². The summed E-state index contributed by atoms with van der Waals surface area (Å²) in [6.07, 6.45) is 0. The van der Waals surface area contributed by atoms with Gasteiger partial charge in [-0.05, 0) is 44.1 Å². The van der Waals surface area contributed by atoms with Crippen LogP contribution in [0.2, 0.25) is 0 Å². The fourth-order valence-corrected chi connectivity index (χ4v) is 2.48. The summed E-state index contributed by atoms with van der Waals surface area (Å²) in [5.74, 6) is 0.656. The van der Waals surface area contributed by atoms with Gasteiger partial charge in [0, 0.05) is 17.5 Å². The molecular formula is C13H22N2S. The van der Waals surface area contributed by atoms with Gasteiger partial charge in [0.2, 0.25) is 0 Å². The van der Waals surface area contributed by atoms with E-state index in [1.165, 1.54) is 4.90 Å². The lowest BCUT2D eigenvalue weighted by Crippen LogP contribution is -2.39. The second-order valence-corrected chi connectivity index (χ2v) is 5.63. The number of hydrogen-bond acceptors (Lipinski definition) is 3. The van der Waals surface area contributed by atoms with E-state index in [1.807, 2.05) is 7.05 Å². The first kappa shape index (κ1) is 13.6. The number of benzene rings is 1. The molecule has 0 saturated carbocycles. The number of likely N-dealkylation sites (N-methyl/N-ethyl adjacent to an activating group) is 2. The highest BCUT2D eigenvalue weighted by Gasteiger charge is 2.13. The van der Waals surface area contributed by atoms with Crippen molar-refractivity contribution in [3.63, 3.8) is 0 Å². The van der Waals surface area contributed by atoms with Crippen LogP contribution in [0.15, 0.2) is 35.2 Å². The molecule has 0 radical (unpaired) electrons. The van der Waals surface area contributed by atoms with E-state index >= 15 is 0 Å². The van der Waals surface area contributed by atoms with Crippen molar-refractivity contribution in [2.45, 2.75) is 24.8 Å². The Morgan fingerprint density at radius 3 is 2.38 bits per heavy atom. The van der Waals surface area contributed by atoms with E-state index in [-0.39, 0.29) is 0 Å². The van der Waals surface area contributed by atoms with Crippen molar-refractivity contribution in [3.05, 3.63) is 30.3 Å². The third-order valence-corrected chi connectivity index (χ3v) is 3.58. The normalized spacial score (nSPS) is 13.4. The summed E-state index contributed by atoms with van der Waals surface area (Å²) in [5, 5.41) is 3.36. The molecule has 0 spiro atoms. The van der Waals surface area contributed by atoms with Crippen molar-refractivity contribution in [2.24, 2.45) is 5.92 Å². The van der Waals surface area contributed by atoms with Crippen LogP contribution in [0.1, 0.15) is 13.8 Å². The van der Waals surface area contributed by atoms with Gasteiger partial charge in [-0.3, -0.25) is 0 Å². The topological polar surface area (TPSA) is 15.3 Å². The first-order valence-electron chi connectivity index (χ1n) is 5.75. The van der Waals surface area contributed by atoms with Gasteiger partial charge in [0.05, 0.1) is 0 Å². The molecule has 1 rings (SSSR count). The summed E-state index contributed by atoms with van der Waals surface area (Å²) in [6, 6.07) is 11.0. The van der Waals surface area contributed by atoms with E-state index in [9.17, 15) is 0 Å². The molecule has 0 amide bonds. The summed E-state index contributed by atoms with van der Waals surface area (Å²) in [5.41, 5.74) is 0. The summed E-state index contributed by atoms with van der Waals surface area (Å²) in [6.45, 7) is 5.55. The molecule has 0 bridgehead atoms. The monoisotopic (exact) mass is 238 g/mol. The minimum absolute atomic E-state index is 0.543. The Balaban J connectivity index is 2.44. The minimum Gasteiger partial charge on any atom is -0.315 e. The lowest BCUT2D eigenvalue weighted by atomic mass is 10.1. The standard InChI is InChI=1S/C13H22N2S/c1-11(2)13(14-3)10-15(4)16-12-8-6-5-7-9-12/h5-9,11,13-14H,10H2,1-4H3. The molecule has 0 aliphatic heterocycles. The average Bonchev–Trinajstić information content (AvgIpc) is 2.27. The number of hydrogen-bond donors (Lipinski definition) is 1. The van der Waals surface area contributed by atoms with Gasteiger partial charge < -0.3 is 5.32 Å². The SMILES string of the molecule is CNC(CN(C)Sc1ccccc1)C(C)C. The lowest BCUT2D eigenvalue weighted by molar-refractivity contribution is 0.362. The average molecular weight is 238 g/mol. The molecule has 0 aliphatic carbocycles. The Bertz CT molecular complexity index is 287. The van der Waals surface area contributed by atoms with Gasteiger partial charge in [-0.25, -0.2) is 4.31 Å². The first-order chi connectivity index (χ1) is 7.63. The van der Waals surface area contributed by atoms with Crippen molar-refractivity contribution in [3.8, 4) is 0 Å². The smallest absolute Gasteiger partial charge is 0.0246 e. The van der Waals surface area contributed by atoms with Crippen LogP contribution in [-0.4, -0.2) is 31.0 Å². The van der Waals surface area contributed by atoms with E-state index in [1.54, 1.807) is 11.9 Å². The van der Waals surface area contributed by atoms with Crippen molar-refractivity contribution in [1.82, 2.24) is 9.62 Å². The fourth-order valence-electron chi connectivity index (χ4n) is 1.61. The van der Waals surface area contributed by atoms with Gasteiger partial charge in [-0.15, -0.1) is 0 Å². The Hall–Kier alpha value is -0.510. The van der Waals surface area contributed by atoms with Crippen LogP contribution in [0.5, 0.6) is 0 Å². The molecule has 0 aromatic heterocycles. The zero-order valence-corrected chi connectivity index (χ0v) is 11.4. The minimum atomic E-state index is 0.543. The lowest BCUT2D eigenvalue weighted by Gasteiger charge is -2.25. The van der Waals surface area contributed by atoms with Gasteiger partial charge in [-0.2, -0.15) is 0 Å². The molecule has 1 N–H and O–H groups in total. The highest BCUT2D eigenvalue weighted by molar-refractivity contribution is 7.97. The third kappa shape index (κ3) is 4.56. The Kier molecular flexibility index (Phi) is 5.88. The molecule has 1 aromatic carbocycles. The molecule has 1 unspecified atom stereocenters. The molecule has 0 aliphatic rings. The predicted octanol–water partition coefficient (Wildman–Crippen LogP) is 2.87. The summed E-state index contributed by atoms with van der Waals surface area (Å²) >= 11 is 1.80.